The van der Waals surface area contributed by atoms with Gasteiger partial charge in [-0.15, -0.1) is 0 Å². The number of piperazine rings is 1. The number of nitrogens with zero attached hydrogens (tertiary/aromatic N) is 3. The van der Waals surface area contributed by atoms with Crippen LogP contribution in [0.25, 0.3) is 0 Å². The van der Waals surface area contributed by atoms with Crippen LogP contribution in [-0.2, 0) is 16.1 Å². The first-order chi connectivity index (χ1) is 14.0. The van der Waals surface area contributed by atoms with E-state index in [0.29, 0.717) is 13.0 Å². The number of hydrogen-bond donors (Lipinski definition) is 0. The van der Waals surface area contributed by atoms with E-state index in [1.165, 1.54) is 11.1 Å². The molecule has 0 radical (unpaired) electrons. The lowest BCUT2D eigenvalue weighted by molar-refractivity contribution is -0.137. The van der Waals surface area contributed by atoms with Gasteiger partial charge in [-0.1, -0.05) is 47.5 Å². The number of hydrogen-bond acceptors (Lipinski definition) is 3. The van der Waals surface area contributed by atoms with Crippen molar-refractivity contribution >= 4 is 17.5 Å². The van der Waals surface area contributed by atoms with Gasteiger partial charge in [-0.2, -0.15) is 0 Å². The molecule has 2 fully saturated rings. The first-order valence-electron chi connectivity index (χ1n) is 10.4. The molecule has 0 aliphatic carbocycles. The maximum Gasteiger partial charge on any atom is 0.228 e. The molecule has 0 spiro atoms. The second-order valence-corrected chi connectivity index (χ2v) is 8.33. The van der Waals surface area contributed by atoms with Crippen molar-refractivity contribution in [3.05, 3.63) is 65.2 Å². The first-order valence-corrected chi connectivity index (χ1v) is 10.4. The lowest BCUT2D eigenvalue weighted by Crippen LogP contribution is -2.50. The largest absolute Gasteiger partial charge is 0.340 e. The van der Waals surface area contributed by atoms with Gasteiger partial charge in [0.05, 0.1) is 5.92 Å². The molecule has 5 nitrogen and oxygen atoms in total. The Morgan fingerprint density at radius 2 is 1.48 bits per heavy atom. The molecule has 2 heterocycles. The molecule has 152 valence electrons. The molecule has 2 amide bonds. The van der Waals surface area contributed by atoms with Crippen molar-refractivity contribution in [3.63, 3.8) is 0 Å². The Morgan fingerprint density at radius 3 is 2.10 bits per heavy atom. The Morgan fingerprint density at radius 1 is 0.897 bits per heavy atom. The van der Waals surface area contributed by atoms with E-state index in [1.807, 2.05) is 36.1 Å². The summed E-state index contributed by atoms with van der Waals surface area (Å²) >= 11 is 0. The van der Waals surface area contributed by atoms with E-state index in [1.54, 1.807) is 4.90 Å². The van der Waals surface area contributed by atoms with Gasteiger partial charge in [-0.05, 0) is 31.5 Å². The third kappa shape index (κ3) is 4.51. The molecule has 4 rings (SSSR count). The summed E-state index contributed by atoms with van der Waals surface area (Å²) in [6.07, 6.45) is 0.316. The van der Waals surface area contributed by atoms with Crippen LogP contribution < -0.4 is 4.90 Å². The first kappa shape index (κ1) is 19.6. The number of aryl methyl sites for hydroxylation is 2. The zero-order chi connectivity index (χ0) is 20.4. The fourth-order valence-corrected chi connectivity index (χ4v) is 4.18. The van der Waals surface area contributed by atoms with E-state index < -0.39 is 0 Å². The van der Waals surface area contributed by atoms with Crippen molar-refractivity contribution in [1.82, 2.24) is 9.80 Å². The summed E-state index contributed by atoms with van der Waals surface area (Å²) in [6, 6.07) is 16.6. The van der Waals surface area contributed by atoms with E-state index in [9.17, 15) is 9.59 Å². The third-order valence-corrected chi connectivity index (χ3v) is 6.03. The number of amides is 2. The Kier molecular flexibility index (Phi) is 5.67. The van der Waals surface area contributed by atoms with E-state index >= 15 is 0 Å². The monoisotopic (exact) mass is 391 g/mol. The average molecular weight is 392 g/mol. The van der Waals surface area contributed by atoms with Gasteiger partial charge in [-0.3, -0.25) is 14.5 Å². The molecule has 2 aromatic rings. The Labute approximate surface area is 172 Å². The summed E-state index contributed by atoms with van der Waals surface area (Å²) in [6.45, 7) is 8.77. The number of rotatable bonds is 4. The third-order valence-electron chi connectivity index (χ3n) is 6.03. The van der Waals surface area contributed by atoms with Crippen molar-refractivity contribution in [2.24, 2.45) is 5.92 Å². The van der Waals surface area contributed by atoms with Crippen LogP contribution >= 0.6 is 0 Å². The number of benzene rings is 2. The maximum absolute atomic E-state index is 13.0. The number of carbonyl (C=O) groups is 2. The lowest BCUT2D eigenvalue weighted by atomic mass is 10.1. The summed E-state index contributed by atoms with van der Waals surface area (Å²) in [5.41, 5.74) is 4.64. The van der Waals surface area contributed by atoms with E-state index in [-0.39, 0.29) is 17.7 Å². The molecule has 0 saturated carbocycles. The maximum atomic E-state index is 13.0. The fraction of sp³-hybridized carbons (Fsp3) is 0.417. The minimum atomic E-state index is -0.229. The van der Waals surface area contributed by atoms with E-state index in [0.717, 1.165) is 44.0 Å². The zero-order valence-electron chi connectivity index (χ0n) is 17.3. The van der Waals surface area contributed by atoms with Crippen LogP contribution in [-0.4, -0.2) is 54.3 Å². The Balaban J connectivity index is 1.31. The highest BCUT2D eigenvalue weighted by Gasteiger charge is 2.37. The number of anilines is 1. The summed E-state index contributed by atoms with van der Waals surface area (Å²) in [5, 5.41) is 0. The predicted octanol–water partition coefficient (Wildman–Crippen LogP) is 3.00. The molecular formula is C24H29N3O2. The highest BCUT2D eigenvalue weighted by Crippen LogP contribution is 2.27. The molecule has 2 aliphatic heterocycles. The minimum Gasteiger partial charge on any atom is -0.340 e. The smallest absolute Gasteiger partial charge is 0.228 e. The topological polar surface area (TPSA) is 43.9 Å². The minimum absolute atomic E-state index is 0.0465. The zero-order valence-corrected chi connectivity index (χ0v) is 17.3. The fourth-order valence-electron chi connectivity index (χ4n) is 4.18. The second-order valence-electron chi connectivity index (χ2n) is 8.33. The molecule has 0 aromatic heterocycles. The van der Waals surface area contributed by atoms with Crippen LogP contribution in [0.4, 0.5) is 5.69 Å². The van der Waals surface area contributed by atoms with Crippen molar-refractivity contribution in [1.29, 1.82) is 0 Å². The molecule has 29 heavy (non-hydrogen) atoms. The molecule has 2 aromatic carbocycles. The number of carbonyl (C=O) groups excluding carboxylic acids is 2. The van der Waals surface area contributed by atoms with Crippen molar-refractivity contribution in [2.75, 3.05) is 37.6 Å². The van der Waals surface area contributed by atoms with Gasteiger partial charge in [0, 0.05) is 51.4 Å². The molecule has 2 saturated heterocycles. The van der Waals surface area contributed by atoms with Gasteiger partial charge >= 0.3 is 0 Å². The van der Waals surface area contributed by atoms with Crippen molar-refractivity contribution in [2.45, 2.75) is 26.8 Å². The molecule has 2 aliphatic rings. The van der Waals surface area contributed by atoms with E-state index in [2.05, 4.69) is 36.1 Å². The van der Waals surface area contributed by atoms with Crippen LogP contribution in [0.15, 0.2) is 48.5 Å². The summed E-state index contributed by atoms with van der Waals surface area (Å²) in [5.74, 6) is -0.0550. The van der Waals surface area contributed by atoms with Gasteiger partial charge in [0.15, 0.2) is 0 Å². The Bertz CT molecular complexity index is 868. The molecule has 1 atom stereocenters. The summed E-state index contributed by atoms with van der Waals surface area (Å²) in [7, 11) is 0. The molecule has 0 bridgehead atoms. The van der Waals surface area contributed by atoms with Crippen LogP contribution in [0.5, 0.6) is 0 Å². The van der Waals surface area contributed by atoms with Crippen molar-refractivity contribution < 1.29 is 9.59 Å². The lowest BCUT2D eigenvalue weighted by Gasteiger charge is -2.36. The SMILES string of the molecule is Cc1ccc(CN2CCN(C(=O)C3CC(=O)N(c4ccc(C)cc4)C3)CC2)cc1. The van der Waals surface area contributed by atoms with Gasteiger partial charge in [0.25, 0.3) is 0 Å². The van der Waals surface area contributed by atoms with Crippen molar-refractivity contribution in [3.8, 4) is 0 Å². The Hall–Kier alpha value is -2.66. The normalized spacial score (nSPS) is 20.3. The van der Waals surface area contributed by atoms with Gasteiger partial charge in [0.1, 0.15) is 0 Å². The molecular weight excluding hydrogens is 362 g/mol. The van der Waals surface area contributed by atoms with Gasteiger partial charge in [0.2, 0.25) is 11.8 Å². The highest BCUT2D eigenvalue weighted by molar-refractivity contribution is 6.00. The van der Waals surface area contributed by atoms with Crippen LogP contribution in [0.2, 0.25) is 0 Å². The second kappa shape index (κ2) is 8.37. The average Bonchev–Trinajstić information content (AvgIpc) is 3.12. The molecule has 0 N–H and O–H groups in total. The van der Waals surface area contributed by atoms with E-state index in [4.69, 9.17) is 0 Å². The predicted molar refractivity (Wildman–Crippen MR) is 115 cm³/mol. The van der Waals surface area contributed by atoms with Crippen LogP contribution in [0.1, 0.15) is 23.1 Å². The van der Waals surface area contributed by atoms with Crippen LogP contribution in [0.3, 0.4) is 0 Å². The summed E-state index contributed by atoms with van der Waals surface area (Å²) < 4.78 is 0. The van der Waals surface area contributed by atoms with Gasteiger partial charge in [-0.25, -0.2) is 0 Å². The molecule has 1 unspecified atom stereocenters. The van der Waals surface area contributed by atoms with Crippen LogP contribution in [0, 0.1) is 19.8 Å². The standard InChI is InChI=1S/C24H29N3O2/c1-18-3-7-20(8-4-18)16-25-11-13-26(14-12-25)24(29)21-15-23(28)27(17-21)22-9-5-19(2)6-10-22/h3-10,21H,11-17H2,1-2H3. The van der Waals surface area contributed by atoms with Gasteiger partial charge < -0.3 is 9.80 Å². The quantitative estimate of drug-likeness (QED) is 0.805. The highest BCUT2D eigenvalue weighted by atomic mass is 16.2. The molecule has 5 heteroatoms. The summed E-state index contributed by atoms with van der Waals surface area (Å²) in [4.78, 5) is 31.6.